The van der Waals surface area contributed by atoms with Gasteiger partial charge in [-0.15, -0.1) is 0 Å². The summed E-state index contributed by atoms with van der Waals surface area (Å²) in [5.74, 6) is -0.362. The lowest BCUT2D eigenvalue weighted by Crippen LogP contribution is -2.24. The first-order valence-corrected chi connectivity index (χ1v) is 10.1. The highest BCUT2D eigenvalue weighted by atomic mass is 32.1. The number of nitrogens with zero attached hydrogens (tertiary/aromatic N) is 2. The molecule has 2 heterocycles. The van der Waals surface area contributed by atoms with Crippen molar-refractivity contribution in [1.29, 1.82) is 0 Å². The molecule has 6 nitrogen and oxygen atoms in total. The summed E-state index contributed by atoms with van der Waals surface area (Å²) >= 11 is 1.16. The Morgan fingerprint density at radius 1 is 1.10 bits per heavy atom. The molecule has 2 aromatic carbocycles. The molecule has 7 heteroatoms. The Hall–Kier alpha value is -3.32. The number of benzene rings is 2. The number of nitrogens with one attached hydrogen (secondary N) is 1. The van der Waals surface area contributed by atoms with E-state index in [9.17, 15) is 14.4 Å². The van der Waals surface area contributed by atoms with E-state index in [4.69, 9.17) is 0 Å². The monoisotopic (exact) mass is 405 g/mol. The summed E-state index contributed by atoms with van der Waals surface area (Å²) in [5, 5.41) is 3.15. The Labute approximate surface area is 172 Å². The van der Waals surface area contributed by atoms with Crippen LogP contribution in [-0.4, -0.2) is 29.1 Å². The predicted octanol–water partition coefficient (Wildman–Crippen LogP) is 4.39. The molecule has 2 amide bonds. The van der Waals surface area contributed by atoms with Crippen LogP contribution in [0.15, 0.2) is 54.6 Å². The SMILES string of the molecule is CC(=O)c1sc(NC(=O)c2cccc(N3CCCC3=O)c2)nc1-c1ccccc1. The maximum atomic E-state index is 12.8. The minimum Gasteiger partial charge on any atom is -0.312 e. The van der Waals surface area contributed by atoms with Gasteiger partial charge in [0.05, 0.1) is 10.6 Å². The van der Waals surface area contributed by atoms with Crippen LogP contribution in [0.1, 0.15) is 39.8 Å². The Morgan fingerprint density at radius 2 is 1.90 bits per heavy atom. The van der Waals surface area contributed by atoms with Crippen LogP contribution < -0.4 is 10.2 Å². The van der Waals surface area contributed by atoms with Gasteiger partial charge in [-0.1, -0.05) is 47.7 Å². The van der Waals surface area contributed by atoms with Crippen molar-refractivity contribution in [3.63, 3.8) is 0 Å². The number of Topliss-reactive ketones (excluding diaryl/α,β-unsaturated/α-hetero) is 1. The third kappa shape index (κ3) is 3.95. The van der Waals surface area contributed by atoms with Gasteiger partial charge in [-0.2, -0.15) is 0 Å². The van der Waals surface area contributed by atoms with E-state index in [1.165, 1.54) is 6.92 Å². The predicted molar refractivity (Wildman–Crippen MR) is 114 cm³/mol. The summed E-state index contributed by atoms with van der Waals surface area (Å²) in [4.78, 5) is 43.5. The molecule has 1 saturated heterocycles. The van der Waals surface area contributed by atoms with Crippen molar-refractivity contribution < 1.29 is 14.4 Å². The van der Waals surface area contributed by atoms with Gasteiger partial charge in [0.2, 0.25) is 5.91 Å². The molecule has 4 rings (SSSR count). The second kappa shape index (κ2) is 7.97. The van der Waals surface area contributed by atoms with Crippen LogP contribution in [0.4, 0.5) is 10.8 Å². The first-order chi connectivity index (χ1) is 14.0. The lowest BCUT2D eigenvalue weighted by atomic mass is 10.1. The summed E-state index contributed by atoms with van der Waals surface area (Å²) in [6.07, 6.45) is 1.36. The van der Waals surface area contributed by atoms with Crippen molar-refractivity contribution in [2.24, 2.45) is 0 Å². The number of rotatable bonds is 5. The van der Waals surface area contributed by atoms with Crippen molar-refractivity contribution in [2.75, 3.05) is 16.8 Å². The highest BCUT2D eigenvalue weighted by Crippen LogP contribution is 2.32. The summed E-state index contributed by atoms with van der Waals surface area (Å²) < 4.78 is 0. The van der Waals surface area contributed by atoms with E-state index in [0.717, 1.165) is 23.3 Å². The molecule has 29 heavy (non-hydrogen) atoms. The third-order valence-corrected chi connectivity index (χ3v) is 5.78. The average molecular weight is 405 g/mol. The van der Waals surface area contributed by atoms with Gasteiger partial charge in [-0.05, 0) is 24.6 Å². The van der Waals surface area contributed by atoms with E-state index in [2.05, 4.69) is 10.3 Å². The van der Waals surface area contributed by atoms with Gasteiger partial charge >= 0.3 is 0 Å². The highest BCUT2D eigenvalue weighted by Gasteiger charge is 2.23. The lowest BCUT2D eigenvalue weighted by molar-refractivity contribution is -0.117. The molecule has 0 radical (unpaired) electrons. The van der Waals surface area contributed by atoms with Crippen LogP contribution in [0, 0.1) is 0 Å². The zero-order valence-electron chi connectivity index (χ0n) is 15.8. The third-order valence-electron chi connectivity index (χ3n) is 4.71. The molecule has 146 valence electrons. The topological polar surface area (TPSA) is 79.4 Å². The number of ketones is 1. The van der Waals surface area contributed by atoms with Gasteiger partial charge < -0.3 is 4.90 Å². The van der Waals surface area contributed by atoms with E-state index in [1.807, 2.05) is 36.4 Å². The maximum Gasteiger partial charge on any atom is 0.257 e. The van der Waals surface area contributed by atoms with Crippen LogP contribution in [0.2, 0.25) is 0 Å². The standard InChI is InChI=1S/C22H19N3O3S/c1-14(26)20-19(15-7-3-2-4-8-15)23-22(29-20)24-21(28)16-9-5-10-17(13-16)25-12-6-11-18(25)27/h2-5,7-10,13H,6,11-12H2,1H3,(H,23,24,28). The van der Waals surface area contributed by atoms with Gasteiger partial charge in [-0.3, -0.25) is 19.7 Å². The minimum atomic E-state index is -0.332. The number of amides is 2. The van der Waals surface area contributed by atoms with E-state index >= 15 is 0 Å². The number of anilines is 2. The van der Waals surface area contributed by atoms with Crippen LogP contribution in [-0.2, 0) is 4.79 Å². The van der Waals surface area contributed by atoms with Gasteiger partial charge in [0.25, 0.3) is 5.91 Å². The number of hydrogen-bond donors (Lipinski definition) is 1. The largest absolute Gasteiger partial charge is 0.312 e. The molecule has 1 aromatic heterocycles. The highest BCUT2D eigenvalue weighted by molar-refractivity contribution is 7.18. The van der Waals surface area contributed by atoms with Crippen molar-refractivity contribution in [1.82, 2.24) is 4.98 Å². The molecular formula is C22H19N3O3S. The van der Waals surface area contributed by atoms with E-state index in [1.54, 1.807) is 23.1 Å². The number of aromatic nitrogens is 1. The molecule has 3 aromatic rings. The molecule has 1 aliphatic heterocycles. The van der Waals surface area contributed by atoms with Crippen molar-refractivity contribution in [3.8, 4) is 11.3 Å². The molecule has 0 aliphatic carbocycles. The molecule has 0 atom stereocenters. The fourth-order valence-electron chi connectivity index (χ4n) is 3.31. The second-order valence-corrected chi connectivity index (χ2v) is 7.77. The Balaban J connectivity index is 1.59. The lowest BCUT2D eigenvalue weighted by Gasteiger charge is -2.16. The Morgan fingerprint density at radius 3 is 2.59 bits per heavy atom. The summed E-state index contributed by atoms with van der Waals surface area (Å²) in [5.41, 5.74) is 2.54. The van der Waals surface area contributed by atoms with Gasteiger partial charge in [0.1, 0.15) is 0 Å². The van der Waals surface area contributed by atoms with Crippen molar-refractivity contribution >= 4 is 39.8 Å². The molecule has 0 bridgehead atoms. The molecule has 0 saturated carbocycles. The molecule has 0 spiro atoms. The average Bonchev–Trinajstić information content (AvgIpc) is 3.35. The van der Waals surface area contributed by atoms with Crippen molar-refractivity contribution in [3.05, 3.63) is 65.0 Å². The van der Waals surface area contributed by atoms with E-state index in [-0.39, 0.29) is 17.6 Å². The maximum absolute atomic E-state index is 12.8. The fourth-order valence-corrected chi connectivity index (χ4v) is 4.19. The zero-order valence-corrected chi connectivity index (χ0v) is 16.7. The zero-order chi connectivity index (χ0) is 20.4. The first-order valence-electron chi connectivity index (χ1n) is 9.32. The van der Waals surface area contributed by atoms with Crippen LogP contribution in [0.3, 0.4) is 0 Å². The first kappa shape index (κ1) is 19.0. The number of carbonyl (C=O) groups is 3. The molecule has 0 unspecified atom stereocenters. The van der Waals surface area contributed by atoms with Crippen LogP contribution >= 0.6 is 11.3 Å². The number of thiazole rings is 1. The Kier molecular flexibility index (Phi) is 5.22. The fraction of sp³-hybridized carbons (Fsp3) is 0.182. The molecule has 1 fully saturated rings. The van der Waals surface area contributed by atoms with Crippen molar-refractivity contribution in [2.45, 2.75) is 19.8 Å². The van der Waals surface area contributed by atoms with Gasteiger partial charge in [0.15, 0.2) is 10.9 Å². The molecular weight excluding hydrogens is 386 g/mol. The quantitative estimate of drug-likeness (QED) is 0.639. The van der Waals surface area contributed by atoms with Crippen LogP contribution in [0.5, 0.6) is 0 Å². The van der Waals surface area contributed by atoms with E-state index < -0.39 is 0 Å². The number of hydrogen-bond acceptors (Lipinski definition) is 5. The van der Waals surface area contributed by atoms with E-state index in [0.29, 0.717) is 39.9 Å². The smallest absolute Gasteiger partial charge is 0.257 e. The number of carbonyl (C=O) groups excluding carboxylic acids is 3. The Bertz CT molecular complexity index is 1090. The van der Waals surface area contributed by atoms with Gasteiger partial charge in [-0.25, -0.2) is 4.98 Å². The summed E-state index contributed by atoms with van der Waals surface area (Å²) in [6, 6.07) is 16.4. The summed E-state index contributed by atoms with van der Waals surface area (Å²) in [6.45, 7) is 2.15. The minimum absolute atomic E-state index is 0.0704. The van der Waals surface area contributed by atoms with Crippen LogP contribution in [0.25, 0.3) is 11.3 Å². The summed E-state index contributed by atoms with van der Waals surface area (Å²) in [7, 11) is 0. The second-order valence-electron chi connectivity index (χ2n) is 6.77. The molecule has 1 aliphatic rings. The van der Waals surface area contributed by atoms with Gasteiger partial charge in [0, 0.05) is 36.7 Å². The normalized spacial score (nSPS) is 13.6. The molecule has 1 N–H and O–H groups in total.